The number of hydrogen-bond donors (Lipinski definition) is 0. The normalized spacial score (nSPS) is 29.9. The Kier molecular flexibility index (Phi) is 7.42. The lowest BCUT2D eigenvalue weighted by Crippen LogP contribution is -2.52. The van der Waals surface area contributed by atoms with Crippen LogP contribution in [-0.2, 0) is 8.85 Å². The summed E-state index contributed by atoms with van der Waals surface area (Å²) in [6.07, 6.45) is 12.1. The lowest BCUT2D eigenvalue weighted by Gasteiger charge is -2.44. The SMILES string of the molecule is CCCO[Si](OCC(C)C)(C1CCCC1)C1CCCC(C)C1. The van der Waals surface area contributed by atoms with Crippen LogP contribution in [0.2, 0.25) is 11.1 Å². The van der Waals surface area contributed by atoms with Gasteiger partial charge in [-0.3, -0.25) is 0 Å². The Bertz CT molecular complexity index is 315. The molecule has 0 N–H and O–H groups in total. The van der Waals surface area contributed by atoms with Crippen molar-refractivity contribution < 1.29 is 8.85 Å². The predicted octanol–water partition coefficient (Wildman–Crippen LogP) is 6.05. The van der Waals surface area contributed by atoms with Gasteiger partial charge in [0.25, 0.3) is 0 Å². The van der Waals surface area contributed by atoms with Crippen LogP contribution in [0.5, 0.6) is 0 Å². The molecule has 0 amide bonds. The quantitative estimate of drug-likeness (QED) is 0.505. The van der Waals surface area contributed by atoms with Crippen LogP contribution in [0.15, 0.2) is 0 Å². The van der Waals surface area contributed by atoms with Crippen LogP contribution >= 0.6 is 0 Å². The highest BCUT2D eigenvalue weighted by atomic mass is 28.4. The van der Waals surface area contributed by atoms with Gasteiger partial charge in [-0.25, -0.2) is 0 Å². The van der Waals surface area contributed by atoms with Crippen molar-refractivity contribution in [1.82, 2.24) is 0 Å². The van der Waals surface area contributed by atoms with Gasteiger partial charge in [0.2, 0.25) is 0 Å². The Balaban J connectivity index is 2.20. The summed E-state index contributed by atoms with van der Waals surface area (Å²) in [5.74, 6) is 1.47. The molecule has 0 spiro atoms. The maximum atomic E-state index is 6.78. The Hall–Kier alpha value is 0.137. The van der Waals surface area contributed by atoms with Crippen LogP contribution < -0.4 is 0 Å². The molecule has 2 aliphatic rings. The van der Waals surface area contributed by atoms with E-state index in [9.17, 15) is 0 Å². The highest BCUT2D eigenvalue weighted by Crippen LogP contribution is 2.51. The highest BCUT2D eigenvalue weighted by Gasteiger charge is 2.53. The van der Waals surface area contributed by atoms with E-state index in [1.807, 2.05) is 0 Å². The van der Waals surface area contributed by atoms with Crippen molar-refractivity contribution in [1.29, 1.82) is 0 Å². The third kappa shape index (κ3) is 4.58. The van der Waals surface area contributed by atoms with Gasteiger partial charge in [-0.15, -0.1) is 0 Å². The first kappa shape index (κ1) is 18.5. The minimum atomic E-state index is -2.09. The first-order valence-electron chi connectivity index (χ1n) is 9.86. The van der Waals surface area contributed by atoms with E-state index < -0.39 is 8.56 Å². The molecule has 2 nitrogen and oxygen atoms in total. The van der Waals surface area contributed by atoms with E-state index in [1.54, 1.807) is 0 Å². The second kappa shape index (κ2) is 8.84. The fourth-order valence-electron chi connectivity index (χ4n) is 4.53. The summed E-state index contributed by atoms with van der Waals surface area (Å²) in [5.41, 5.74) is 1.50. The van der Waals surface area contributed by atoms with Crippen LogP contribution in [0.4, 0.5) is 0 Å². The fourth-order valence-corrected chi connectivity index (χ4v) is 9.89. The topological polar surface area (TPSA) is 18.5 Å². The van der Waals surface area contributed by atoms with Gasteiger partial charge in [-0.2, -0.15) is 0 Å². The van der Waals surface area contributed by atoms with Crippen LogP contribution in [0.25, 0.3) is 0 Å². The molecule has 2 saturated carbocycles. The van der Waals surface area contributed by atoms with Crippen LogP contribution in [-0.4, -0.2) is 21.8 Å². The highest BCUT2D eigenvalue weighted by molar-refractivity contribution is 6.70. The average Bonchev–Trinajstić information content (AvgIpc) is 3.02. The van der Waals surface area contributed by atoms with Crippen molar-refractivity contribution in [3.05, 3.63) is 0 Å². The van der Waals surface area contributed by atoms with Gasteiger partial charge in [-0.05, 0) is 43.9 Å². The maximum Gasteiger partial charge on any atom is 0.344 e. The zero-order valence-corrected chi connectivity index (χ0v) is 16.4. The number of rotatable bonds is 8. The van der Waals surface area contributed by atoms with Crippen molar-refractivity contribution in [2.45, 2.75) is 96.6 Å². The lowest BCUT2D eigenvalue weighted by atomic mass is 9.90. The molecule has 130 valence electrons. The van der Waals surface area contributed by atoms with E-state index in [0.29, 0.717) is 5.92 Å². The van der Waals surface area contributed by atoms with Crippen molar-refractivity contribution in [2.75, 3.05) is 13.2 Å². The molecule has 0 bridgehead atoms. The Morgan fingerprint density at radius 3 is 2.23 bits per heavy atom. The summed E-state index contributed by atoms with van der Waals surface area (Å²) >= 11 is 0. The van der Waals surface area contributed by atoms with Gasteiger partial charge in [0.1, 0.15) is 0 Å². The molecular weight excluding hydrogens is 288 g/mol. The molecule has 0 aliphatic heterocycles. The molecular formula is C19H38O2Si. The first-order chi connectivity index (χ1) is 10.6. The first-order valence-corrected chi connectivity index (χ1v) is 11.8. The molecule has 0 aromatic heterocycles. The van der Waals surface area contributed by atoms with E-state index in [2.05, 4.69) is 27.7 Å². The summed E-state index contributed by atoms with van der Waals surface area (Å²) in [6.45, 7) is 11.0. The third-order valence-corrected chi connectivity index (χ3v) is 10.3. The van der Waals surface area contributed by atoms with Crippen LogP contribution in [0.1, 0.15) is 85.5 Å². The summed E-state index contributed by atoms with van der Waals surface area (Å²) in [6, 6.07) is 0. The molecule has 0 aromatic rings. The van der Waals surface area contributed by atoms with E-state index >= 15 is 0 Å². The molecule has 2 aliphatic carbocycles. The molecule has 0 aromatic carbocycles. The fraction of sp³-hybridized carbons (Fsp3) is 1.00. The Morgan fingerprint density at radius 2 is 1.64 bits per heavy atom. The minimum Gasteiger partial charge on any atom is -0.394 e. The molecule has 2 fully saturated rings. The van der Waals surface area contributed by atoms with E-state index in [4.69, 9.17) is 8.85 Å². The molecule has 3 heteroatoms. The zero-order chi connectivity index (χ0) is 16.0. The Labute approximate surface area is 139 Å². The van der Waals surface area contributed by atoms with Crippen molar-refractivity contribution >= 4 is 8.56 Å². The standard InChI is InChI=1S/C19H38O2Si/c1-5-13-20-22(21-15-16(2)3,18-10-6-7-11-18)19-12-8-9-17(4)14-19/h16-19H,5-15H2,1-4H3. The second-order valence-corrected chi connectivity index (χ2v) is 11.9. The molecule has 0 radical (unpaired) electrons. The van der Waals surface area contributed by atoms with Crippen molar-refractivity contribution in [3.8, 4) is 0 Å². The zero-order valence-electron chi connectivity index (χ0n) is 15.4. The van der Waals surface area contributed by atoms with Crippen LogP contribution in [0, 0.1) is 11.8 Å². The van der Waals surface area contributed by atoms with Crippen LogP contribution in [0.3, 0.4) is 0 Å². The summed E-state index contributed by atoms with van der Waals surface area (Å²) in [7, 11) is -2.09. The molecule has 22 heavy (non-hydrogen) atoms. The summed E-state index contributed by atoms with van der Waals surface area (Å²) < 4.78 is 13.5. The van der Waals surface area contributed by atoms with Gasteiger partial charge in [-0.1, -0.05) is 53.4 Å². The molecule has 0 heterocycles. The second-order valence-electron chi connectivity index (χ2n) is 8.22. The third-order valence-electron chi connectivity index (χ3n) is 5.60. The largest absolute Gasteiger partial charge is 0.394 e. The van der Waals surface area contributed by atoms with Gasteiger partial charge < -0.3 is 8.85 Å². The van der Waals surface area contributed by atoms with Crippen molar-refractivity contribution in [3.63, 3.8) is 0 Å². The van der Waals surface area contributed by atoms with E-state index in [0.717, 1.165) is 36.6 Å². The summed E-state index contributed by atoms with van der Waals surface area (Å²) in [5, 5.41) is 0. The van der Waals surface area contributed by atoms with Gasteiger partial charge in [0.05, 0.1) is 0 Å². The summed E-state index contributed by atoms with van der Waals surface area (Å²) in [4.78, 5) is 0. The lowest BCUT2D eigenvalue weighted by molar-refractivity contribution is 0.123. The minimum absolute atomic E-state index is 0.611. The molecule has 2 rings (SSSR count). The Morgan fingerprint density at radius 1 is 0.955 bits per heavy atom. The van der Waals surface area contributed by atoms with Gasteiger partial charge in [0.15, 0.2) is 0 Å². The van der Waals surface area contributed by atoms with E-state index in [-0.39, 0.29) is 0 Å². The van der Waals surface area contributed by atoms with E-state index in [1.165, 1.54) is 51.4 Å². The smallest absolute Gasteiger partial charge is 0.344 e. The number of hydrogen-bond acceptors (Lipinski definition) is 2. The molecule has 0 saturated heterocycles. The monoisotopic (exact) mass is 326 g/mol. The van der Waals surface area contributed by atoms with Gasteiger partial charge >= 0.3 is 8.56 Å². The predicted molar refractivity (Wildman–Crippen MR) is 96.4 cm³/mol. The molecule has 3 unspecified atom stereocenters. The maximum absolute atomic E-state index is 6.78. The van der Waals surface area contributed by atoms with Crippen molar-refractivity contribution in [2.24, 2.45) is 11.8 Å². The molecule has 3 atom stereocenters. The average molecular weight is 327 g/mol. The van der Waals surface area contributed by atoms with Gasteiger partial charge in [0, 0.05) is 24.3 Å².